The maximum absolute atomic E-state index is 12.4. The minimum Gasteiger partial charge on any atom is -0.425 e. The number of nitrogens with zero attached hydrogens (tertiary/aromatic N) is 3. The smallest absolute Gasteiger partial charge is 0.223 e. The fraction of sp³-hybridized carbons (Fsp3) is 0.474. The summed E-state index contributed by atoms with van der Waals surface area (Å²) in [6.45, 7) is 6.12. The van der Waals surface area contributed by atoms with Gasteiger partial charge in [-0.05, 0) is 18.1 Å². The molecule has 1 aliphatic rings. The number of aromatic nitrogens is 2. The van der Waals surface area contributed by atoms with Gasteiger partial charge in [0.1, 0.15) is 0 Å². The Bertz CT molecular complexity index is 800. The Kier molecular flexibility index (Phi) is 5.35. The van der Waals surface area contributed by atoms with Crippen molar-refractivity contribution >= 4 is 17.5 Å². The predicted molar refractivity (Wildman–Crippen MR) is 96.7 cm³/mol. The zero-order valence-corrected chi connectivity index (χ0v) is 15.4. The third kappa shape index (κ3) is 3.92. The van der Waals surface area contributed by atoms with Gasteiger partial charge >= 0.3 is 0 Å². The van der Waals surface area contributed by atoms with Gasteiger partial charge in [-0.3, -0.25) is 9.59 Å². The molecule has 7 heteroatoms. The molecule has 1 unspecified atom stereocenters. The predicted octanol–water partition coefficient (Wildman–Crippen LogP) is 2.74. The van der Waals surface area contributed by atoms with Crippen LogP contribution in [0.15, 0.2) is 28.7 Å². The summed E-state index contributed by atoms with van der Waals surface area (Å²) in [5.74, 6) is 1.19. The molecule has 0 saturated carbocycles. The summed E-state index contributed by atoms with van der Waals surface area (Å²) in [7, 11) is 0. The quantitative estimate of drug-likeness (QED) is 0.890. The highest BCUT2D eigenvalue weighted by atomic mass is 16.4. The molecule has 0 fully saturated rings. The largest absolute Gasteiger partial charge is 0.425 e. The SMILES string of the molecule is CC(=O)N1CCC(NC(=O)CCc2nnc(C(C)C)o2)c2ccccc21. The number of anilines is 1. The maximum atomic E-state index is 12.4. The van der Waals surface area contributed by atoms with Gasteiger partial charge in [-0.1, -0.05) is 32.0 Å². The zero-order chi connectivity index (χ0) is 18.7. The van der Waals surface area contributed by atoms with Gasteiger partial charge in [0.2, 0.25) is 23.6 Å². The molecule has 7 nitrogen and oxygen atoms in total. The van der Waals surface area contributed by atoms with Crippen molar-refractivity contribution in [1.29, 1.82) is 0 Å². The van der Waals surface area contributed by atoms with E-state index < -0.39 is 0 Å². The Hall–Kier alpha value is -2.70. The summed E-state index contributed by atoms with van der Waals surface area (Å²) in [5.41, 5.74) is 1.84. The second kappa shape index (κ2) is 7.68. The number of nitrogens with one attached hydrogen (secondary N) is 1. The summed E-state index contributed by atoms with van der Waals surface area (Å²) >= 11 is 0. The number of benzene rings is 1. The van der Waals surface area contributed by atoms with Gasteiger partial charge in [-0.2, -0.15) is 0 Å². The molecular formula is C19H24N4O3. The van der Waals surface area contributed by atoms with Crippen LogP contribution in [0, 0.1) is 0 Å². The van der Waals surface area contributed by atoms with Gasteiger partial charge in [0.15, 0.2) is 0 Å². The lowest BCUT2D eigenvalue weighted by Gasteiger charge is -2.34. The van der Waals surface area contributed by atoms with E-state index in [4.69, 9.17) is 4.42 Å². The van der Waals surface area contributed by atoms with E-state index in [0.29, 0.717) is 31.2 Å². The standard InChI is InChI=1S/C19H24N4O3/c1-12(2)19-22-21-18(26-19)9-8-17(25)20-15-10-11-23(13(3)24)16-7-5-4-6-14(15)16/h4-7,12,15H,8-11H2,1-3H3,(H,20,25). The third-order valence-electron chi connectivity index (χ3n) is 4.50. The Labute approximate surface area is 152 Å². The first-order valence-electron chi connectivity index (χ1n) is 8.94. The van der Waals surface area contributed by atoms with E-state index in [-0.39, 0.29) is 30.2 Å². The van der Waals surface area contributed by atoms with E-state index in [9.17, 15) is 9.59 Å². The number of rotatable bonds is 5. The minimum atomic E-state index is -0.0942. The highest BCUT2D eigenvalue weighted by molar-refractivity contribution is 5.93. The summed E-state index contributed by atoms with van der Waals surface area (Å²) in [6, 6.07) is 7.61. The van der Waals surface area contributed by atoms with Crippen molar-refractivity contribution < 1.29 is 14.0 Å². The van der Waals surface area contributed by atoms with Crippen LogP contribution in [0.4, 0.5) is 5.69 Å². The van der Waals surface area contributed by atoms with Crippen LogP contribution in [0.5, 0.6) is 0 Å². The average Bonchev–Trinajstić information content (AvgIpc) is 3.09. The van der Waals surface area contributed by atoms with Crippen LogP contribution in [-0.2, 0) is 16.0 Å². The van der Waals surface area contributed by atoms with Gasteiger partial charge in [0.25, 0.3) is 0 Å². The first-order chi connectivity index (χ1) is 12.5. The molecule has 1 N–H and O–H groups in total. The number of aryl methyl sites for hydroxylation is 1. The maximum Gasteiger partial charge on any atom is 0.223 e. The van der Waals surface area contributed by atoms with Crippen LogP contribution in [0.2, 0.25) is 0 Å². The molecule has 1 atom stereocenters. The molecule has 0 radical (unpaired) electrons. The van der Waals surface area contributed by atoms with Crippen molar-refractivity contribution in [2.75, 3.05) is 11.4 Å². The van der Waals surface area contributed by atoms with Crippen molar-refractivity contribution in [3.05, 3.63) is 41.6 Å². The molecule has 0 aliphatic carbocycles. The summed E-state index contributed by atoms with van der Waals surface area (Å²) in [6.07, 6.45) is 1.40. The lowest BCUT2D eigenvalue weighted by atomic mass is 9.96. The van der Waals surface area contributed by atoms with Gasteiger partial charge in [0.05, 0.1) is 6.04 Å². The second-order valence-electron chi connectivity index (χ2n) is 6.83. The van der Waals surface area contributed by atoms with Crippen molar-refractivity contribution in [3.8, 4) is 0 Å². The number of hydrogen-bond donors (Lipinski definition) is 1. The van der Waals surface area contributed by atoms with Gasteiger partial charge in [0, 0.05) is 37.9 Å². The molecule has 26 heavy (non-hydrogen) atoms. The molecule has 1 aromatic heterocycles. The minimum absolute atomic E-state index is 0.0135. The van der Waals surface area contributed by atoms with Crippen molar-refractivity contribution in [2.24, 2.45) is 0 Å². The molecule has 0 saturated heterocycles. The monoisotopic (exact) mass is 356 g/mol. The van der Waals surface area contributed by atoms with Crippen LogP contribution in [-0.4, -0.2) is 28.6 Å². The number of fused-ring (bicyclic) bond motifs is 1. The Morgan fingerprint density at radius 3 is 2.77 bits per heavy atom. The van der Waals surface area contributed by atoms with E-state index >= 15 is 0 Å². The topological polar surface area (TPSA) is 88.3 Å². The van der Waals surface area contributed by atoms with Crippen molar-refractivity contribution in [3.63, 3.8) is 0 Å². The molecule has 0 bridgehead atoms. The fourth-order valence-electron chi connectivity index (χ4n) is 3.13. The first-order valence-corrected chi connectivity index (χ1v) is 8.94. The van der Waals surface area contributed by atoms with E-state index in [1.54, 1.807) is 11.8 Å². The summed E-state index contributed by atoms with van der Waals surface area (Å²) in [5, 5.41) is 11.0. The molecule has 2 aromatic rings. The number of hydrogen-bond acceptors (Lipinski definition) is 5. The van der Waals surface area contributed by atoms with E-state index in [1.165, 1.54) is 0 Å². The Morgan fingerprint density at radius 2 is 2.08 bits per heavy atom. The third-order valence-corrected chi connectivity index (χ3v) is 4.50. The van der Waals surface area contributed by atoms with E-state index in [0.717, 1.165) is 11.3 Å². The molecule has 1 aliphatic heterocycles. The highest BCUT2D eigenvalue weighted by Gasteiger charge is 2.27. The molecule has 138 valence electrons. The van der Waals surface area contributed by atoms with Gasteiger partial charge < -0.3 is 14.6 Å². The lowest BCUT2D eigenvalue weighted by Crippen LogP contribution is -2.40. The normalized spacial score (nSPS) is 16.5. The molecule has 2 heterocycles. The van der Waals surface area contributed by atoms with Crippen LogP contribution in [0.3, 0.4) is 0 Å². The lowest BCUT2D eigenvalue weighted by molar-refractivity contribution is -0.121. The average molecular weight is 356 g/mol. The fourth-order valence-corrected chi connectivity index (χ4v) is 3.13. The van der Waals surface area contributed by atoms with Crippen LogP contribution < -0.4 is 10.2 Å². The highest BCUT2D eigenvalue weighted by Crippen LogP contribution is 2.33. The number of carbonyl (C=O) groups is 2. The van der Waals surface area contributed by atoms with E-state index in [1.807, 2.05) is 38.1 Å². The number of amides is 2. The van der Waals surface area contributed by atoms with Gasteiger partial charge in [-0.25, -0.2) is 0 Å². The molecule has 2 amide bonds. The summed E-state index contributed by atoms with van der Waals surface area (Å²) in [4.78, 5) is 25.9. The van der Waals surface area contributed by atoms with Crippen molar-refractivity contribution in [2.45, 2.75) is 52.0 Å². The van der Waals surface area contributed by atoms with Crippen LogP contribution >= 0.6 is 0 Å². The Morgan fingerprint density at radius 1 is 1.31 bits per heavy atom. The zero-order valence-electron chi connectivity index (χ0n) is 15.4. The number of carbonyl (C=O) groups excluding carboxylic acids is 2. The van der Waals surface area contributed by atoms with E-state index in [2.05, 4.69) is 15.5 Å². The molecule has 0 spiro atoms. The molecule has 3 rings (SSSR count). The van der Waals surface area contributed by atoms with Crippen LogP contribution in [0.25, 0.3) is 0 Å². The van der Waals surface area contributed by atoms with Crippen LogP contribution in [0.1, 0.15) is 62.9 Å². The number of para-hydroxylation sites is 1. The Balaban J connectivity index is 1.62. The first kappa shape index (κ1) is 18.1. The summed E-state index contributed by atoms with van der Waals surface area (Å²) < 4.78 is 5.54. The second-order valence-corrected chi connectivity index (χ2v) is 6.83. The van der Waals surface area contributed by atoms with Gasteiger partial charge in [-0.15, -0.1) is 10.2 Å². The van der Waals surface area contributed by atoms with Crippen molar-refractivity contribution in [1.82, 2.24) is 15.5 Å². The molecule has 1 aromatic carbocycles. The molecular weight excluding hydrogens is 332 g/mol.